The highest BCUT2D eigenvalue weighted by atomic mass is 16.7. The lowest BCUT2D eigenvalue weighted by molar-refractivity contribution is -0.523. The Morgan fingerprint density at radius 3 is 2.64 bits per heavy atom. The maximum absolute atomic E-state index is 13.0. The first-order chi connectivity index (χ1) is 13.3. The fourth-order valence-electron chi connectivity index (χ4n) is 4.15. The van der Waals surface area contributed by atoms with Crippen LogP contribution in [-0.4, -0.2) is 47.7 Å². The summed E-state index contributed by atoms with van der Waals surface area (Å²) in [5.41, 5.74) is -0.513. The molecule has 0 aromatic heterocycles. The predicted octanol–water partition coefficient (Wildman–Crippen LogP) is 2.11. The number of nitrogens with zero attached hydrogens (tertiary/aromatic N) is 2. The predicted molar refractivity (Wildman–Crippen MR) is 97.8 cm³/mol. The van der Waals surface area contributed by atoms with Gasteiger partial charge >= 0.3 is 5.97 Å². The molecule has 9 heteroatoms. The first-order valence-corrected chi connectivity index (χ1v) is 9.02. The molecule has 4 atom stereocenters. The number of rotatable bonds is 5. The molecule has 0 N–H and O–H groups in total. The summed E-state index contributed by atoms with van der Waals surface area (Å²) in [7, 11) is 1.53. The highest BCUT2D eigenvalue weighted by molar-refractivity contribution is 6.02. The number of carbonyl (C=O) groups is 2. The molecule has 150 valence electrons. The van der Waals surface area contributed by atoms with Gasteiger partial charge in [-0.3, -0.25) is 19.7 Å². The molecule has 1 aromatic rings. The smallest absolute Gasteiger partial charge is 0.317 e. The van der Waals surface area contributed by atoms with Gasteiger partial charge in [-0.1, -0.05) is 17.3 Å². The van der Waals surface area contributed by atoms with Gasteiger partial charge in [0.25, 0.3) is 6.04 Å². The molecule has 0 bridgehead atoms. The molecule has 28 heavy (non-hydrogen) atoms. The van der Waals surface area contributed by atoms with Crippen LogP contribution < -0.4 is 4.74 Å². The molecule has 1 aliphatic carbocycles. The van der Waals surface area contributed by atoms with Crippen molar-refractivity contribution in [2.24, 2.45) is 11.1 Å². The lowest BCUT2D eigenvalue weighted by Crippen LogP contribution is -2.55. The highest BCUT2D eigenvalue weighted by Crippen LogP contribution is 2.47. The second-order valence-electron chi connectivity index (χ2n) is 7.03. The molecule has 1 aromatic carbocycles. The van der Waals surface area contributed by atoms with Gasteiger partial charge in [-0.15, -0.1) is 0 Å². The summed E-state index contributed by atoms with van der Waals surface area (Å²) >= 11 is 0. The molecule has 0 radical (unpaired) electrons. The zero-order valence-corrected chi connectivity index (χ0v) is 15.9. The Bertz CT molecular complexity index is 820. The van der Waals surface area contributed by atoms with E-state index in [2.05, 4.69) is 5.16 Å². The normalized spacial score (nSPS) is 29.2. The minimum atomic E-state index is -1.40. The Labute approximate surface area is 161 Å². The van der Waals surface area contributed by atoms with Crippen molar-refractivity contribution in [3.8, 4) is 5.75 Å². The van der Waals surface area contributed by atoms with Crippen molar-refractivity contribution >= 4 is 17.5 Å². The Hall–Kier alpha value is -2.97. The SMILES string of the molecule is CCOC(=O)[C@@H]1C(=O)C[C@@]2(C[C@@H]1c1ccc(OC)cc1)ON=C(C)[C@@H]2[N+](=O)[O-]. The summed E-state index contributed by atoms with van der Waals surface area (Å²) in [5.74, 6) is -2.13. The van der Waals surface area contributed by atoms with E-state index < -0.39 is 40.2 Å². The largest absolute Gasteiger partial charge is 0.497 e. The van der Waals surface area contributed by atoms with Crippen LogP contribution in [-0.2, 0) is 19.2 Å². The van der Waals surface area contributed by atoms with Crippen molar-refractivity contribution in [2.75, 3.05) is 13.7 Å². The number of nitro groups is 1. The average Bonchev–Trinajstić information content (AvgIpc) is 2.96. The van der Waals surface area contributed by atoms with Gasteiger partial charge in [0.05, 0.1) is 20.1 Å². The van der Waals surface area contributed by atoms with Crippen LogP contribution in [0.15, 0.2) is 29.4 Å². The quantitative estimate of drug-likeness (QED) is 0.327. The van der Waals surface area contributed by atoms with Gasteiger partial charge in [-0.2, -0.15) is 0 Å². The number of methoxy groups -OCH3 is 1. The molecule has 2 aliphatic rings. The van der Waals surface area contributed by atoms with Gasteiger partial charge in [-0.05, 0) is 31.5 Å². The number of oxime groups is 1. The van der Waals surface area contributed by atoms with Crippen LogP contribution >= 0.6 is 0 Å². The van der Waals surface area contributed by atoms with E-state index in [1.807, 2.05) is 0 Å². The van der Waals surface area contributed by atoms with Gasteiger partial charge in [-0.25, -0.2) is 0 Å². The van der Waals surface area contributed by atoms with E-state index in [1.54, 1.807) is 31.2 Å². The van der Waals surface area contributed by atoms with Crippen LogP contribution in [0.3, 0.4) is 0 Å². The number of ether oxygens (including phenoxy) is 2. The third kappa shape index (κ3) is 3.32. The van der Waals surface area contributed by atoms with Gasteiger partial charge in [0, 0.05) is 17.3 Å². The Balaban J connectivity index is 2.02. The Kier molecular flexibility index (Phi) is 5.35. The van der Waals surface area contributed by atoms with Crippen molar-refractivity contribution in [2.45, 2.75) is 44.2 Å². The van der Waals surface area contributed by atoms with Crippen LogP contribution in [0, 0.1) is 16.0 Å². The molecule has 1 heterocycles. The van der Waals surface area contributed by atoms with Crippen LogP contribution in [0.25, 0.3) is 0 Å². The fourth-order valence-corrected chi connectivity index (χ4v) is 4.15. The van der Waals surface area contributed by atoms with Gasteiger partial charge in [0.15, 0.2) is 5.78 Å². The molecule has 1 fully saturated rings. The van der Waals surface area contributed by atoms with Crippen molar-refractivity contribution in [1.82, 2.24) is 0 Å². The lowest BCUT2D eigenvalue weighted by atomic mass is 9.65. The number of ketones is 1. The van der Waals surface area contributed by atoms with Crippen molar-refractivity contribution in [3.63, 3.8) is 0 Å². The number of hydrogen-bond acceptors (Lipinski definition) is 8. The average molecular weight is 390 g/mol. The molecule has 0 amide bonds. The van der Waals surface area contributed by atoms with E-state index in [4.69, 9.17) is 14.3 Å². The molecule has 1 aliphatic heterocycles. The third-order valence-electron chi connectivity index (χ3n) is 5.35. The van der Waals surface area contributed by atoms with Crippen LogP contribution in [0.1, 0.15) is 38.2 Å². The summed E-state index contributed by atoms with van der Waals surface area (Å²) in [4.78, 5) is 42.2. The first kappa shape index (κ1) is 19.8. The summed E-state index contributed by atoms with van der Waals surface area (Å²) < 4.78 is 10.3. The zero-order valence-electron chi connectivity index (χ0n) is 15.9. The van der Waals surface area contributed by atoms with Crippen LogP contribution in [0.5, 0.6) is 5.75 Å². The van der Waals surface area contributed by atoms with Crippen molar-refractivity contribution in [1.29, 1.82) is 0 Å². The third-order valence-corrected chi connectivity index (χ3v) is 5.35. The summed E-state index contributed by atoms with van der Waals surface area (Å²) in [6.45, 7) is 3.31. The maximum Gasteiger partial charge on any atom is 0.317 e. The molecule has 0 unspecified atom stereocenters. The van der Waals surface area contributed by atoms with Crippen LogP contribution in [0.4, 0.5) is 0 Å². The molecule has 1 spiro atoms. The minimum Gasteiger partial charge on any atom is -0.497 e. The molecule has 0 saturated heterocycles. The Morgan fingerprint density at radius 2 is 2.07 bits per heavy atom. The van der Waals surface area contributed by atoms with E-state index in [1.165, 1.54) is 14.0 Å². The molecular weight excluding hydrogens is 368 g/mol. The van der Waals surface area contributed by atoms with Crippen LogP contribution in [0.2, 0.25) is 0 Å². The van der Waals surface area contributed by atoms with Crippen molar-refractivity contribution in [3.05, 3.63) is 39.9 Å². The van der Waals surface area contributed by atoms with E-state index in [0.29, 0.717) is 11.3 Å². The van der Waals surface area contributed by atoms with E-state index >= 15 is 0 Å². The zero-order chi connectivity index (χ0) is 20.5. The molecule has 3 rings (SSSR count). The van der Waals surface area contributed by atoms with Gasteiger partial charge in [0.1, 0.15) is 17.4 Å². The molecular formula is C19H22N2O7. The topological polar surface area (TPSA) is 117 Å². The summed E-state index contributed by atoms with van der Waals surface area (Å²) in [5, 5.41) is 15.5. The standard InChI is InChI=1S/C19H22N2O7/c1-4-27-18(23)16-14(12-5-7-13(26-3)8-6-12)9-19(10-15(16)22)17(21(24)25)11(2)20-28-19/h5-8,14,16-17H,4,9-10H2,1-3H3/t14-,16+,17+,19-/m1/s1. The second-order valence-corrected chi connectivity index (χ2v) is 7.03. The lowest BCUT2D eigenvalue weighted by Gasteiger charge is -2.39. The highest BCUT2D eigenvalue weighted by Gasteiger charge is 2.63. The van der Waals surface area contributed by atoms with E-state index in [0.717, 1.165) is 0 Å². The number of benzene rings is 1. The fraction of sp³-hybridized carbons (Fsp3) is 0.526. The second kappa shape index (κ2) is 7.57. The molecule has 9 nitrogen and oxygen atoms in total. The minimum absolute atomic E-state index is 0.0983. The number of esters is 1. The summed E-state index contributed by atoms with van der Waals surface area (Å²) in [6, 6.07) is 5.68. The number of hydrogen-bond donors (Lipinski definition) is 0. The number of Topliss-reactive ketones (excluding diaryl/α,β-unsaturated/α-hetero) is 1. The van der Waals surface area contributed by atoms with Crippen molar-refractivity contribution < 1.29 is 28.8 Å². The molecule has 1 saturated carbocycles. The Morgan fingerprint density at radius 1 is 1.39 bits per heavy atom. The van der Waals surface area contributed by atoms with E-state index in [-0.39, 0.29) is 25.2 Å². The monoisotopic (exact) mass is 390 g/mol. The number of carbonyl (C=O) groups excluding carboxylic acids is 2. The first-order valence-electron chi connectivity index (χ1n) is 9.02. The maximum atomic E-state index is 13.0. The van der Waals surface area contributed by atoms with Gasteiger partial charge < -0.3 is 14.3 Å². The van der Waals surface area contributed by atoms with E-state index in [9.17, 15) is 19.7 Å². The van der Waals surface area contributed by atoms with Gasteiger partial charge in [0.2, 0.25) is 5.60 Å². The summed E-state index contributed by atoms with van der Waals surface area (Å²) in [6.07, 6.45) is -0.170.